The third-order valence-corrected chi connectivity index (χ3v) is 3.55. The van der Waals surface area contributed by atoms with Gasteiger partial charge in [0.1, 0.15) is 5.82 Å². The van der Waals surface area contributed by atoms with Crippen molar-refractivity contribution in [3.63, 3.8) is 0 Å². The number of nitrogens with one attached hydrogen (secondary N) is 1. The number of pyridine rings is 1. The zero-order chi connectivity index (χ0) is 15.6. The van der Waals surface area contributed by atoms with Crippen LogP contribution in [0.4, 0.5) is 11.5 Å². The summed E-state index contributed by atoms with van der Waals surface area (Å²) in [5.41, 5.74) is 4.27. The Morgan fingerprint density at radius 2 is 1.95 bits per heavy atom. The number of carbonyl (C=O) groups is 1. The Kier molecular flexibility index (Phi) is 4.26. The summed E-state index contributed by atoms with van der Waals surface area (Å²) in [5, 5.41) is 12.5. The third kappa shape index (κ3) is 3.40. The highest BCUT2D eigenvalue weighted by atomic mass is 16.4. The molecule has 0 atom stereocenters. The molecule has 110 valence electrons. The van der Waals surface area contributed by atoms with Gasteiger partial charge in [-0.1, -0.05) is 26.0 Å². The fourth-order valence-corrected chi connectivity index (χ4v) is 2.06. The van der Waals surface area contributed by atoms with Gasteiger partial charge in [0.2, 0.25) is 0 Å². The highest BCUT2D eigenvalue weighted by Gasteiger charge is 2.11. The number of carboxylic acids is 1. The standard InChI is InChI=1S/C17H20N2O2/c1-10(2)15-8-13(17(20)21)9-16(19-15)18-14-7-5-6-11(3)12(14)4/h5-10H,1-4H3,(H,18,19)(H,20,21). The molecule has 0 aliphatic rings. The summed E-state index contributed by atoms with van der Waals surface area (Å²) >= 11 is 0. The van der Waals surface area contributed by atoms with Gasteiger partial charge >= 0.3 is 5.97 Å². The van der Waals surface area contributed by atoms with E-state index in [0.717, 1.165) is 16.9 Å². The summed E-state index contributed by atoms with van der Waals surface area (Å²) in [5.74, 6) is -0.209. The van der Waals surface area contributed by atoms with Crippen molar-refractivity contribution in [3.8, 4) is 0 Å². The molecule has 1 heterocycles. The highest BCUT2D eigenvalue weighted by Crippen LogP contribution is 2.24. The SMILES string of the molecule is Cc1cccc(Nc2cc(C(=O)O)cc(C(C)C)n2)c1C. The molecule has 2 aromatic rings. The Bertz CT molecular complexity index is 678. The molecule has 0 aliphatic heterocycles. The predicted octanol–water partition coefficient (Wildman–Crippen LogP) is 4.26. The second kappa shape index (κ2) is 5.95. The molecule has 0 saturated carbocycles. The van der Waals surface area contributed by atoms with E-state index in [1.165, 1.54) is 5.56 Å². The van der Waals surface area contributed by atoms with E-state index < -0.39 is 5.97 Å². The highest BCUT2D eigenvalue weighted by molar-refractivity contribution is 5.89. The normalized spacial score (nSPS) is 10.7. The number of hydrogen-bond donors (Lipinski definition) is 2. The van der Waals surface area contributed by atoms with Gasteiger partial charge in [-0.05, 0) is 49.1 Å². The molecule has 1 aromatic carbocycles. The molecule has 0 radical (unpaired) electrons. The van der Waals surface area contributed by atoms with Crippen LogP contribution in [0.15, 0.2) is 30.3 Å². The van der Waals surface area contributed by atoms with Gasteiger partial charge < -0.3 is 10.4 Å². The molecule has 1 aromatic heterocycles. The summed E-state index contributed by atoms with van der Waals surface area (Å²) < 4.78 is 0. The van der Waals surface area contributed by atoms with Crippen LogP contribution in [0.2, 0.25) is 0 Å². The molecule has 2 rings (SSSR count). The lowest BCUT2D eigenvalue weighted by Crippen LogP contribution is -2.05. The zero-order valence-electron chi connectivity index (χ0n) is 12.8. The monoisotopic (exact) mass is 284 g/mol. The quantitative estimate of drug-likeness (QED) is 0.880. The molecule has 2 N–H and O–H groups in total. The van der Waals surface area contributed by atoms with Crippen LogP contribution >= 0.6 is 0 Å². The summed E-state index contributed by atoms with van der Waals surface area (Å²) in [6, 6.07) is 9.17. The minimum atomic E-state index is -0.941. The minimum absolute atomic E-state index is 0.170. The zero-order valence-corrected chi connectivity index (χ0v) is 12.8. The van der Waals surface area contributed by atoms with Crippen molar-refractivity contribution >= 4 is 17.5 Å². The van der Waals surface area contributed by atoms with Crippen molar-refractivity contribution in [2.75, 3.05) is 5.32 Å². The van der Waals surface area contributed by atoms with Crippen molar-refractivity contribution in [3.05, 3.63) is 52.7 Å². The number of carboxylic acid groups (broad SMARTS) is 1. The Labute approximate surface area is 124 Å². The van der Waals surface area contributed by atoms with Crippen molar-refractivity contribution < 1.29 is 9.90 Å². The summed E-state index contributed by atoms with van der Waals surface area (Å²) in [7, 11) is 0. The van der Waals surface area contributed by atoms with Crippen LogP contribution in [0.3, 0.4) is 0 Å². The average molecular weight is 284 g/mol. The van der Waals surface area contributed by atoms with Crippen LogP contribution in [-0.4, -0.2) is 16.1 Å². The van der Waals surface area contributed by atoms with Gasteiger partial charge in [0.05, 0.1) is 5.56 Å². The van der Waals surface area contributed by atoms with Crippen LogP contribution in [0.1, 0.15) is 46.9 Å². The van der Waals surface area contributed by atoms with Gasteiger partial charge in [0.25, 0.3) is 0 Å². The van der Waals surface area contributed by atoms with Crippen LogP contribution in [0, 0.1) is 13.8 Å². The Balaban J connectivity index is 2.43. The Hall–Kier alpha value is -2.36. The van der Waals surface area contributed by atoms with E-state index >= 15 is 0 Å². The first-order valence-electron chi connectivity index (χ1n) is 6.97. The lowest BCUT2D eigenvalue weighted by atomic mass is 10.1. The maximum Gasteiger partial charge on any atom is 0.335 e. The van der Waals surface area contributed by atoms with Crippen LogP contribution in [0.25, 0.3) is 0 Å². The van der Waals surface area contributed by atoms with Crippen molar-refractivity contribution in [1.29, 1.82) is 0 Å². The van der Waals surface area contributed by atoms with E-state index in [-0.39, 0.29) is 11.5 Å². The number of benzene rings is 1. The van der Waals surface area contributed by atoms with E-state index in [9.17, 15) is 9.90 Å². The first-order chi connectivity index (χ1) is 9.88. The molecule has 0 bridgehead atoms. The van der Waals surface area contributed by atoms with Crippen LogP contribution < -0.4 is 5.32 Å². The van der Waals surface area contributed by atoms with E-state index in [1.54, 1.807) is 12.1 Å². The van der Waals surface area contributed by atoms with E-state index in [0.29, 0.717) is 5.82 Å². The van der Waals surface area contributed by atoms with Gasteiger partial charge in [-0.25, -0.2) is 9.78 Å². The minimum Gasteiger partial charge on any atom is -0.478 e. The van der Waals surface area contributed by atoms with Crippen LogP contribution in [-0.2, 0) is 0 Å². The number of nitrogens with zero attached hydrogens (tertiary/aromatic N) is 1. The number of aryl methyl sites for hydroxylation is 1. The predicted molar refractivity (Wildman–Crippen MR) is 84.5 cm³/mol. The largest absolute Gasteiger partial charge is 0.478 e. The number of hydrogen-bond acceptors (Lipinski definition) is 3. The Morgan fingerprint density at radius 1 is 1.24 bits per heavy atom. The van der Waals surface area contributed by atoms with Crippen molar-refractivity contribution in [2.45, 2.75) is 33.6 Å². The number of rotatable bonds is 4. The second-order valence-electron chi connectivity index (χ2n) is 5.50. The summed E-state index contributed by atoms with van der Waals surface area (Å²) in [6.07, 6.45) is 0. The molecule has 0 fully saturated rings. The lowest BCUT2D eigenvalue weighted by molar-refractivity contribution is 0.0696. The topological polar surface area (TPSA) is 62.2 Å². The molecule has 0 spiro atoms. The van der Waals surface area contributed by atoms with Crippen molar-refractivity contribution in [2.24, 2.45) is 0 Å². The molecule has 0 amide bonds. The summed E-state index contributed by atoms with van der Waals surface area (Å²) in [4.78, 5) is 15.8. The van der Waals surface area contributed by atoms with Gasteiger partial charge in [0, 0.05) is 11.4 Å². The third-order valence-electron chi connectivity index (χ3n) is 3.55. The maximum absolute atomic E-state index is 11.2. The second-order valence-corrected chi connectivity index (χ2v) is 5.50. The molecular formula is C17H20N2O2. The molecular weight excluding hydrogens is 264 g/mol. The molecule has 4 nitrogen and oxygen atoms in total. The molecule has 4 heteroatoms. The molecule has 0 unspecified atom stereocenters. The lowest BCUT2D eigenvalue weighted by Gasteiger charge is -2.13. The van der Waals surface area contributed by atoms with Gasteiger partial charge in [-0.2, -0.15) is 0 Å². The van der Waals surface area contributed by atoms with Gasteiger partial charge in [-0.3, -0.25) is 0 Å². The van der Waals surface area contributed by atoms with Crippen molar-refractivity contribution in [1.82, 2.24) is 4.98 Å². The van der Waals surface area contributed by atoms with E-state index in [2.05, 4.69) is 10.3 Å². The van der Waals surface area contributed by atoms with E-state index in [4.69, 9.17) is 0 Å². The fraction of sp³-hybridized carbons (Fsp3) is 0.294. The number of aromatic nitrogens is 1. The molecule has 21 heavy (non-hydrogen) atoms. The number of anilines is 2. The first kappa shape index (κ1) is 15.0. The fourth-order valence-electron chi connectivity index (χ4n) is 2.06. The Morgan fingerprint density at radius 3 is 2.57 bits per heavy atom. The van der Waals surface area contributed by atoms with E-state index in [1.807, 2.05) is 45.9 Å². The van der Waals surface area contributed by atoms with Gasteiger partial charge in [0.15, 0.2) is 0 Å². The number of aromatic carboxylic acids is 1. The molecule has 0 aliphatic carbocycles. The molecule has 0 saturated heterocycles. The maximum atomic E-state index is 11.2. The summed E-state index contributed by atoms with van der Waals surface area (Å²) in [6.45, 7) is 8.06. The first-order valence-corrected chi connectivity index (χ1v) is 6.97. The average Bonchev–Trinajstić information content (AvgIpc) is 2.43. The van der Waals surface area contributed by atoms with Crippen LogP contribution in [0.5, 0.6) is 0 Å². The van der Waals surface area contributed by atoms with Gasteiger partial charge in [-0.15, -0.1) is 0 Å². The smallest absolute Gasteiger partial charge is 0.335 e.